The molecule has 0 spiro atoms. The third-order valence-corrected chi connectivity index (χ3v) is 4.81. The molecule has 3 heteroatoms. The van der Waals surface area contributed by atoms with Gasteiger partial charge >= 0.3 is 0 Å². The fourth-order valence-corrected chi connectivity index (χ4v) is 3.52. The van der Waals surface area contributed by atoms with Crippen molar-refractivity contribution in [1.82, 2.24) is 10.2 Å². The summed E-state index contributed by atoms with van der Waals surface area (Å²) in [6.45, 7) is 5.05. The zero-order valence-corrected chi connectivity index (χ0v) is 13.0. The number of benzene rings is 1. The Morgan fingerprint density at radius 3 is 2.76 bits per heavy atom. The lowest BCUT2D eigenvalue weighted by Gasteiger charge is -2.32. The number of nitrogens with zero attached hydrogens (tertiary/aromatic N) is 1. The van der Waals surface area contributed by atoms with E-state index in [4.69, 9.17) is 0 Å². The van der Waals surface area contributed by atoms with Crippen molar-refractivity contribution >= 4 is 5.91 Å². The molecule has 0 bridgehead atoms. The summed E-state index contributed by atoms with van der Waals surface area (Å²) in [5, 5.41) is 3.57. The van der Waals surface area contributed by atoms with Gasteiger partial charge in [-0.2, -0.15) is 0 Å². The SMILES string of the molecule is CCCNC1CCN(C(=O)c2ccc3c(c2)CCC3)CC1. The first kappa shape index (κ1) is 14.6. The molecule has 1 saturated heterocycles. The third kappa shape index (κ3) is 3.29. The molecule has 1 aromatic carbocycles. The van der Waals surface area contributed by atoms with Crippen LogP contribution in [0.2, 0.25) is 0 Å². The van der Waals surface area contributed by atoms with Gasteiger partial charge in [-0.3, -0.25) is 4.79 Å². The monoisotopic (exact) mass is 286 g/mol. The molecule has 3 nitrogen and oxygen atoms in total. The molecule has 114 valence electrons. The molecule has 1 N–H and O–H groups in total. The highest BCUT2D eigenvalue weighted by atomic mass is 16.2. The van der Waals surface area contributed by atoms with Crippen LogP contribution in [0.4, 0.5) is 0 Å². The highest BCUT2D eigenvalue weighted by Crippen LogP contribution is 2.24. The number of rotatable bonds is 4. The van der Waals surface area contributed by atoms with Crippen molar-refractivity contribution in [2.24, 2.45) is 0 Å². The molecule has 21 heavy (non-hydrogen) atoms. The number of aryl methyl sites for hydroxylation is 2. The summed E-state index contributed by atoms with van der Waals surface area (Å²) < 4.78 is 0. The van der Waals surface area contributed by atoms with Gasteiger partial charge in [-0.25, -0.2) is 0 Å². The minimum absolute atomic E-state index is 0.221. The Hall–Kier alpha value is -1.35. The van der Waals surface area contributed by atoms with Crippen LogP contribution in [-0.4, -0.2) is 36.5 Å². The Kier molecular flexibility index (Phi) is 4.59. The summed E-state index contributed by atoms with van der Waals surface area (Å²) in [7, 11) is 0. The highest BCUT2D eigenvalue weighted by molar-refractivity contribution is 5.94. The van der Waals surface area contributed by atoms with Crippen molar-refractivity contribution in [1.29, 1.82) is 0 Å². The zero-order valence-electron chi connectivity index (χ0n) is 13.0. The summed E-state index contributed by atoms with van der Waals surface area (Å²) >= 11 is 0. The van der Waals surface area contributed by atoms with Crippen molar-refractivity contribution in [3.8, 4) is 0 Å². The Morgan fingerprint density at radius 2 is 2.00 bits per heavy atom. The standard InChI is InChI=1S/C18H26N2O/c1-2-10-19-17-8-11-20(12-9-17)18(21)16-7-6-14-4-3-5-15(14)13-16/h6-7,13,17,19H,2-5,8-12H2,1H3. The molecule has 1 aromatic rings. The van der Waals surface area contributed by atoms with Crippen LogP contribution in [-0.2, 0) is 12.8 Å². The zero-order chi connectivity index (χ0) is 14.7. The molecule has 0 atom stereocenters. The number of amides is 1. The first-order chi connectivity index (χ1) is 10.3. The van der Waals surface area contributed by atoms with Gasteiger partial charge in [0.15, 0.2) is 0 Å². The van der Waals surface area contributed by atoms with Gasteiger partial charge in [-0.05, 0) is 68.3 Å². The summed E-state index contributed by atoms with van der Waals surface area (Å²) in [5.41, 5.74) is 3.71. The summed E-state index contributed by atoms with van der Waals surface area (Å²) in [6.07, 6.45) is 6.89. The van der Waals surface area contributed by atoms with E-state index in [-0.39, 0.29) is 5.91 Å². The van der Waals surface area contributed by atoms with E-state index in [0.717, 1.165) is 44.5 Å². The van der Waals surface area contributed by atoms with Gasteiger partial charge in [-0.15, -0.1) is 0 Å². The average Bonchev–Trinajstić information content (AvgIpc) is 3.00. The normalized spacial score (nSPS) is 18.8. The van der Waals surface area contributed by atoms with E-state index < -0.39 is 0 Å². The van der Waals surface area contributed by atoms with E-state index >= 15 is 0 Å². The van der Waals surface area contributed by atoms with Crippen LogP contribution in [0.5, 0.6) is 0 Å². The fraction of sp³-hybridized carbons (Fsp3) is 0.611. The van der Waals surface area contributed by atoms with Crippen molar-refractivity contribution < 1.29 is 4.79 Å². The second kappa shape index (κ2) is 6.61. The molecule has 3 rings (SSSR count). The molecule has 0 unspecified atom stereocenters. The predicted molar refractivity (Wildman–Crippen MR) is 85.7 cm³/mol. The molecule has 0 radical (unpaired) electrons. The third-order valence-electron chi connectivity index (χ3n) is 4.81. The van der Waals surface area contributed by atoms with Crippen molar-refractivity contribution in [2.75, 3.05) is 19.6 Å². The first-order valence-corrected chi connectivity index (χ1v) is 8.42. The smallest absolute Gasteiger partial charge is 0.253 e. The predicted octanol–water partition coefficient (Wildman–Crippen LogP) is 2.78. The van der Waals surface area contributed by atoms with Crippen LogP contribution in [0.3, 0.4) is 0 Å². The van der Waals surface area contributed by atoms with Gasteiger partial charge in [0.05, 0.1) is 0 Å². The van der Waals surface area contributed by atoms with Crippen molar-refractivity contribution in [3.63, 3.8) is 0 Å². The van der Waals surface area contributed by atoms with Gasteiger partial charge in [0.1, 0.15) is 0 Å². The van der Waals surface area contributed by atoms with Crippen LogP contribution in [0.15, 0.2) is 18.2 Å². The van der Waals surface area contributed by atoms with Crippen LogP contribution in [0, 0.1) is 0 Å². The van der Waals surface area contributed by atoms with Gasteiger partial charge < -0.3 is 10.2 Å². The van der Waals surface area contributed by atoms with E-state index in [9.17, 15) is 4.79 Å². The molecule has 1 aliphatic heterocycles. The molecule has 1 aliphatic carbocycles. The van der Waals surface area contributed by atoms with Crippen molar-refractivity contribution in [2.45, 2.75) is 51.5 Å². The topological polar surface area (TPSA) is 32.3 Å². The summed E-state index contributed by atoms with van der Waals surface area (Å²) in [6, 6.07) is 6.90. The molecule has 1 fully saturated rings. The first-order valence-electron chi connectivity index (χ1n) is 8.42. The molecule has 1 amide bonds. The lowest BCUT2D eigenvalue weighted by atomic mass is 10.0. The molecule has 0 saturated carbocycles. The number of likely N-dealkylation sites (tertiary alicyclic amines) is 1. The van der Waals surface area contributed by atoms with Crippen LogP contribution in [0.25, 0.3) is 0 Å². The second-order valence-electron chi connectivity index (χ2n) is 6.36. The quantitative estimate of drug-likeness (QED) is 0.923. The maximum atomic E-state index is 12.6. The highest BCUT2D eigenvalue weighted by Gasteiger charge is 2.24. The van der Waals surface area contributed by atoms with E-state index in [1.165, 1.54) is 30.4 Å². The Bertz CT molecular complexity index is 504. The maximum absolute atomic E-state index is 12.6. The van der Waals surface area contributed by atoms with Gasteiger partial charge in [0, 0.05) is 24.7 Å². The number of nitrogens with one attached hydrogen (secondary N) is 1. The average molecular weight is 286 g/mol. The number of hydrogen-bond donors (Lipinski definition) is 1. The van der Waals surface area contributed by atoms with Gasteiger partial charge in [0.2, 0.25) is 0 Å². The second-order valence-corrected chi connectivity index (χ2v) is 6.36. The van der Waals surface area contributed by atoms with Crippen LogP contribution in [0.1, 0.15) is 54.1 Å². The minimum atomic E-state index is 0.221. The van der Waals surface area contributed by atoms with E-state index in [0.29, 0.717) is 6.04 Å². The van der Waals surface area contributed by atoms with E-state index in [1.54, 1.807) is 0 Å². The minimum Gasteiger partial charge on any atom is -0.339 e. The van der Waals surface area contributed by atoms with E-state index in [2.05, 4.69) is 24.4 Å². The molecular weight excluding hydrogens is 260 g/mol. The van der Waals surface area contributed by atoms with Crippen molar-refractivity contribution in [3.05, 3.63) is 34.9 Å². The lowest BCUT2D eigenvalue weighted by Crippen LogP contribution is -2.45. The number of fused-ring (bicyclic) bond motifs is 1. The summed E-state index contributed by atoms with van der Waals surface area (Å²) in [4.78, 5) is 14.7. The largest absolute Gasteiger partial charge is 0.339 e. The number of carbonyl (C=O) groups excluding carboxylic acids is 1. The fourth-order valence-electron chi connectivity index (χ4n) is 3.52. The van der Waals surface area contributed by atoms with E-state index in [1.807, 2.05) is 11.0 Å². The van der Waals surface area contributed by atoms with Crippen LogP contribution >= 0.6 is 0 Å². The number of carbonyl (C=O) groups is 1. The van der Waals surface area contributed by atoms with Gasteiger partial charge in [0.25, 0.3) is 5.91 Å². The lowest BCUT2D eigenvalue weighted by molar-refractivity contribution is 0.0705. The number of hydrogen-bond acceptors (Lipinski definition) is 2. The Labute approximate surface area is 127 Å². The Morgan fingerprint density at radius 1 is 1.24 bits per heavy atom. The maximum Gasteiger partial charge on any atom is 0.253 e. The summed E-state index contributed by atoms with van der Waals surface area (Å²) in [5.74, 6) is 0.221. The molecule has 0 aromatic heterocycles. The Balaban J connectivity index is 1.59. The van der Waals surface area contributed by atoms with Crippen LogP contribution < -0.4 is 5.32 Å². The molecule has 2 aliphatic rings. The van der Waals surface area contributed by atoms with Gasteiger partial charge in [-0.1, -0.05) is 13.0 Å². The molecule has 1 heterocycles. The number of piperidine rings is 1. The molecular formula is C18H26N2O.